The molecular weight excluding hydrogens is 704 g/mol. The third kappa shape index (κ3) is 6.41. The van der Waals surface area contributed by atoms with Crippen LogP contribution in [-0.4, -0.2) is 10.2 Å². The Balaban J connectivity index is 1.39. The fourth-order valence-electron chi connectivity index (χ4n) is 6.02. The van der Waals surface area contributed by atoms with Crippen molar-refractivity contribution in [3.63, 3.8) is 0 Å². The Morgan fingerprint density at radius 1 is 0.370 bits per heavy atom. The average molecular weight is 734 g/mol. The monoisotopic (exact) mass is 732 g/mol. The van der Waals surface area contributed by atoms with E-state index in [0.717, 1.165) is 65.0 Å². The van der Waals surface area contributed by atoms with Crippen LogP contribution in [0.15, 0.2) is 130 Å². The van der Waals surface area contributed by atoms with Crippen molar-refractivity contribution in [2.45, 2.75) is 25.7 Å². The molecule has 8 bridgehead atoms. The normalized spacial score (nSPS) is 12.4. The highest BCUT2D eigenvalue weighted by molar-refractivity contribution is 9.10. The number of halogens is 2. The van der Waals surface area contributed by atoms with Crippen LogP contribution >= 0.6 is 31.9 Å². The van der Waals surface area contributed by atoms with Gasteiger partial charge in [0.05, 0.1) is 0 Å². The van der Waals surface area contributed by atoms with E-state index >= 15 is 0 Å². The van der Waals surface area contributed by atoms with Crippen LogP contribution in [0.25, 0.3) is 0 Å². The lowest BCUT2D eigenvalue weighted by atomic mass is 9.91. The average Bonchev–Trinajstić information content (AvgIpc) is 3.05. The van der Waals surface area contributed by atoms with Crippen LogP contribution in [0, 0.1) is 0 Å². The molecule has 6 heteroatoms. The van der Waals surface area contributed by atoms with Crippen molar-refractivity contribution >= 4 is 31.9 Å². The van der Waals surface area contributed by atoms with E-state index in [1.807, 2.05) is 121 Å². The smallest absolute Gasteiger partial charge is 0.134 e. The lowest BCUT2D eigenvalue weighted by molar-refractivity contribution is 0.454. The number of ether oxygens (including phenoxy) is 2. The van der Waals surface area contributed by atoms with Crippen molar-refractivity contribution in [3.05, 3.63) is 175 Å². The molecule has 0 aromatic heterocycles. The van der Waals surface area contributed by atoms with Gasteiger partial charge in [-0.25, -0.2) is 0 Å². The van der Waals surface area contributed by atoms with E-state index in [-0.39, 0.29) is 11.5 Å². The Morgan fingerprint density at radius 2 is 0.630 bits per heavy atom. The van der Waals surface area contributed by atoms with E-state index in [4.69, 9.17) is 9.47 Å². The zero-order valence-corrected chi connectivity index (χ0v) is 28.0. The van der Waals surface area contributed by atoms with Gasteiger partial charge in [-0.3, -0.25) is 0 Å². The highest BCUT2D eigenvalue weighted by atomic mass is 79.9. The number of benzene rings is 6. The molecule has 0 saturated carbocycles. The maximum Gasteiger partial charge on any atom is 0.134 e. The van der Waals surface area contributed by atoms with E-state index < -0.39 is 0 Å². The van der Waals surface area contributed by atoms with Gasteiger partial charge in [-0.1, -0.05) is 105 Å². The van der Waals surface area contributed by atoms with E-state index in [1.165, 1.54) is 0 Å². The van der Waals surface area contributed by atoms with Gasteiger partial charge in [0.15, 0.2) is 0 Å². The van der Waals surface area contributed by atoms with Crippen LogP contribution < -0.4 is 9.47 Å². The van der Waals surface area contributed by atoms with Gasteiger partial charge in [-0.05, 0) is 93.0 Å². The van der Waals surface area contributed by atoms with Gasteiger partial charge in [0.1, 0.15) is 34.5 Å². The number of aromatic hydroxyl groups is 2. The van der Waals surface area contributed by atoms with E-state index in [2.05, 4.69) is 31.9 Å². The largest absolute Gasteiger partial charge is 0.507 e. The molecule has 0 aliphatic heterocycles. The first kappa shape index (κ1) is 30.2. The van der Waals surface area contributed by atoms with Gasteiger partial charge in [-0.2, -0.15) is 0 Å². The fourth-order valence-corrected chi connectivity index (χ4v) is 6.55. The second-order valence-corrected chi connectivity index (χ2v) is 13.3. The molecule has 46 heavy (non-hydrogen) atoms. The minimum absolute atomic E-state index is 0.262. The van der Waals surface area contributed by atoms with Gasteiger partial charge in [0.25, 0.3) is 0 Å². The van der Waals surface area contributed by atoms with Crippen LogP contribution in [0.1, 0.15) is 44.5 Å². The summed E-state index contributed by atoms with van der Waals surface area (Å²) < 4.78 is 15.1. The summed E-state index contributed by atoms with van der Waals surface area (Å²) in [5, 5.41) is 23.3. The first-order chi connectivity index (χ1) is 22.4. The molecule has 6 aromatic rings. The predicted molar refractivity (Wildman–Crippen MR) is 189 cm³/mol. The summed E-state index contributed by atoms with van der Waals surface area (Å²) >= 11 is 7.02. The molecule has 6 aromatic carbocycles. The van der Waals surface area contributed by atoms with Crippen molar-refractivity contribution in [2.75, 3.05) is 0 Å². The van der Waals surface area contributed by atoms with Gasteiger partial charge in [0, 0.05) is 34.6 Å². The van der Waals surface area contributed by atoms with Crippen molar-refractivity contribution in [1.29, 1.82) is 0 Å². The number of phenols is 2. The van der Waals surface area contributed by atoms with Gasteiger partial charge < -0.3 is 19.7 Å². The molecule has 0 spiro atoms. The quantitative estimate of drug-likeness (QED) is 0.189. The van der Waals surface area contributed by atoms with Gasteiger partial charge in [-0.15, -0.1) is 0 Å². The SMILES string of the molecule is Oc1c2cccc1Cc1cccc(c1Oc1ccc(Br)cc1)Cc1cccc(c1O)Cc1cccc(c1Oc1ccc(Br)cc1)C2. The third-order valence-electron chi connectivity index (χ3n) is 8.35. The van der Waals surface area contributed by atoms with Crippen molar-refractivity contribution in [3.8, 4) is 34.5 Å². The molecule has 0 heterocycles. The highest BCUT2D eigenvalue weighted by Gasteiger charge is 2.20. The molecule has 0 atom stereocenters. The molecule has 1 aliphatic rings. The molecule has 7 rings (SSSR count). The second kappa shape index (κ2) is 13.1. The fraction of sp³-hybridized carbons (Fsp3) is 0.100. The number of hydrogen-bond acceptors (Lipinski definition) is 4. The van der Waals surface area contributed by atoms with Crippen LogP contribution in [0.4, 0.5) is 0 Å². The molecule has 0 radical (unpaired) electrons. The Hall–Kier alpha value is -4.52. The van der Waals surface area contributed by atoms with Crippen LogP contribution in [0.3, 0.4) is 0 Å². The number of para-hydroxylation sites is 4. The van der Waals surface area contributed by atoms with Crippen molar-refractivity contribution < 1.29 is 19.7 Å². The zero-order chi connectivity index (χ0) is 31.6. The van der Waals surface area contributed by atoms with Gasteiger partial charge in [0.2, 0.25) is 0 Å². The Morgan fingerprint density at radius 3 is 0.913 bits per heavy atom. The lowest BCUT2D eigenvalue weighted by Crippen LogP contribution is -2.03. The predicted octanol–water partition coefficient (Wildman–Crippen LogP) is 10.9. The molecule has 0 fully saturated rings. The number of rotatable bonds is 4. The number of phenolic OH excluding ortho intramolecular Hbond substituents is 2. The summed E-state index contributed by atoms with van der Waals surface area (Å²) in [6.45, 7) is 0. The third-order valence-corrected chi connectivity index (χ3v) is 9.41. The summed E-state index contributed by atoms with van der Waals surface area (Å²) in [5.74, 6) is 3.39. The van der Waals surface area contributed by atoms with Crippen molar-refractivity contribution in [2.24, 2.45) is 0 Å². The van der Waals surface area contributed by atoms with Crippen LogP contribution in [0.5, 0.6) is 34.5 Å². The first-order valence-corrected chi connectivity index (χ1v) is 16.7. The lowest BCUT2D eigenvalue weighted by Gasteiger charge is -2.20. The van der Waals surface area contributed by atoms with E-state index in [0.29, 0.717) is 37.2 Å². The molecule has 4 nitrogen and oxygen atoms in total. The highest BCUT2D eigenvalue weighted by Crippen LogP contribution is 2.40. The van der Waals surface area contributed by atoms with Gasteiger partial charge >= 0.3 is 0 Å². The van der Waals surface area contributed by atoms with Crippen LogP contribution in [-0.2, 0) is 25.7 Å². The minimum Gasteiger partial charge on any atom is -0.507 e. The molecule has 0 amide bonds. The molecule has 228 valence electrons. The summed E-state index contributed by atoms with van der Waals surface area (Å²) in [6.07, 6.45) is 1.86. The van der Waals surface area contributed by atoms with E-state index in [9.17, 15) is 10.2 Å². The maximum atomic E-state index is 11.7. The molecule has 0 unspecified atom stereocenters. The second-order valence-electron chi connectivity index (χ2n) is 11.5. The van der Waals surface area contributed by atoms with Crippen molar-refractivity contribution in [1.82, 2.24) is 0 Å². The maximum absolute atomic E-state index is 11.7. The van der Waals surface area contributed by atoms with E-state index in [1.54, 1.807) is 0 Å². The number of fused-ring (bicyclic) bond motifs is 8. The molecule has 0 saturated heterocycles. The molecule has 2 N–H and O–H groups in total. The topological polar surface area (TPSA) is 58.9 Å². The Kier molecular flexibility index (Phi) is 8.57. The van der Waals surface area contributed by atoms with Crippen LogP contribution in [0.2, 0.25) is 0 Å². The minimum atomic E-state index is 0.262. The summed E-state index contributed by atoms with van der Waals surface area (Å²) in [7, 11) is 0. The Labute approximate surface area is 285 Å². The Bertz CT molecular complexity index is 1800. The summed E-state index contributed by atoms with van der Waals surface area (Å²) in [5.41, 5.74) is 6.98. The summed E-state index contributed by atoms with van der Waals surface area (Å²) in [4.78, 5) is 0. The zero-order valence-electron chi connectivity index (χ0n) is 24.8. The summed E-state index contributed by atoms with van der Waals surface area (Å²) in [6, 6.07) is 39.5. The number of hydrogen-bond donors (Lipinski definition) is 2. The molecule has 1 aliphatic carbocycles. The molecular formula is C40H30Br2O4. The standard InChI is InChI=1S/C40H30Br2O4/c41-33-13-17-35(18-14-33)45-39-29-9-3-11-31(39)23-27-7-2-8-28(38(27)44)24-32-12-4-10-30(22-26-6-1-5-25(21-29)37(26)43)40(32)46-36-19-15-34(42)16-20-36/h1-20,43-44H,21-24H2. The first-order valence-electron chi connectivity index (χ1n) is 15.1.